The van der Waals surface area contributed by atoms with E-state index < -0.39 is 0 Å². The van der Waals surface area contributed by atoms with Gasteiger partial charge in [0.05, 0.1) is 25.1 Å². The monoisotopic (exact) mass is 294 g/mol. The number of hydrogen-bond acceptors (Lipinski definition) is 3. The molecule has 0 N–H and O–H groups in total. The molecule has 0 saturated heterocycles. The number of rotatable bonds is 4. The van der Waals surface area contributed by atoms with Crippen LogP contribution in [0.2, 0.25) is 0 Å². The van der Waals surface area contributed by atoms with Crippen molar-refractivity contribution in [1.82, 2.24) is 9.55 Å². The lowest BCUT2D eigenvalue weighted by Gasteiger charge is -2.09. The molecule has 0 aliphatic heterocycles. The lowest BCUT2D eigenvalue weighted by molar-refractivity contribution is 0.403. The Morgan fingerprint density at radius 2 is 1.82 bits per heavy atom. The maximum Gasteiger partial charge on any atom is 0.222 e. The highest BCUT2D eigenvalue weighted by atomic mass is 16.5. The average molecular weight is 294 g/mol. The number of benzene rings is 1. The number of aryl methyl sites for hydroxylation is 1. The van der Waals surface area contributed by atoms with E-state index in [0.29, 0.717) is 5.88 Å². The topological polar surface area (TPSA) is 36.3 Å². The Balaban J connectivity index is 2.08. The number of nitrogens with zero attached hydrogens (tertiary/aromatic N) is 2. The van der Waals surface area contributed by atoms with Crippen molar-refractivity contribution in [2.24, 2.45) is 7.05 Å². The fourth-order valence-corrected chi connectivity index (χ4v) is 2.63. The summed E-state index contributed by atoms with van der Waals surface area (Å²) in [6, 6.07) is 11.9. The lowest BCUT2D eigenvalue weighted by atomic mass is 10.0. The van der Waals surface area contributed by atoms with Gasteiger partial charge >= 0.3 is 0 Å². The summed E-state index contributed by atoms with van der Waals surface area (Å²) in [4.78, 5) is 4.25. The van der Waals surface area contributed by atoms with Crippen molar-refractivity contribution in [3.8, 4) is 11.6 Å². The van der Waals surface area contributed by atoms with Gasteiger partial charge in [-0.05, 0) is 35.4 Å². The third-order valence-corrected chi connectivity index (χ3v) is 3.88. The maximum absolute atomic E-state index is 5.34. The number of ether oxygens (including phenoxy) is 2. The van der Waals surface area contributed by atoms with Crippen LogP contribution in [0.3, 0.4) is 0 Å². The van der Waals surface area contributed by atoms with E-state index in [1.807, 2.05) is 37.4 Å². The molecule has 0 bridgehead atoms. The van der Waals surface area contributed by atoms with Crippen molar-refractivity contribution in [2.75, 3.05) is 14.2 Å². The van der Waals surface area contributed by atoms with Gasteiger partial charge in [-0.15, -0.1) is 0 Å². The molecule has 4 nitrogen and oxygen atoms in total. The van der Waals surface area contributed by atoms with Crippen molar-refractivity contribution in [3.63, 3.8) is 0 Å². The van der Waals surface area contributed by atoms with E-state index in [0.717, 1.165) is 33.5 Å². The molecule has 0 aliphatic rings. The highest BCUT2D eigenvalue weighted by Crippen LogP contribution is 2.31. The van der Waals surface area contributed by atoms with Gasteiger partial charge in [0, 0.05) is 18.9 Å². The molecule has 0 aliphatic carbocycles. The number of fused-ring (bicyclic) bond motifs is 1. The van der Waals surface area contributed by atoms with Crippen LogP contribution in [-0.4, -0.2) is 23.8 Å². The third-order valence-electron chi connectivity index (χ3n) is 3.88. The standard InChI is InChI=1S/C18H18N2O2/c1-12(13-5-7-14(21-3)8-6-13)17-11-15-16(20(17)2)9-10-19-18(15)22-4/h5-11H,1H2,2-4H3. The Morgan fingerprint density at radius 1 is 1.09 bits per heavy atom. The van der Waals surface area contributed by atoms with Crippen LogP contribution < -0.4 is 9.47 Å². The quantitative estimate of drug-likeness (QED) is 0.737. The van der Waals surface area contributed by atoms with E-state index in [9.17, 15) is 0 Å². The zero-order valence-corrected chi connectivity index (χ0v) is 13.0. The summed E-state index contributed by atoms with van der Waals surface area (Å²) in [7, 11) is 5.31. The highest BCUT2D eigenvalue weighted by molar-refractivity contribution is 5.91. The van der Waals surface area contributed by atoms with Crippen molar-refractivity contribution < 1.29 is 9.47 Å². The van der Waals surface area contributed by atoms with Gasteiger partial charge < -0.3 is 14.0 Å². The van der Waals surface area contributed by atoms with E-state index in [2.05, 4.69) is 22.2 Å². The largest absolute Gasteiger partial charge is 0.497 e. The Kier molecular flexibility index (Phi) is 3.59. The first-order chi connectivity index (χ1) is 10.7. The molecule has 0 unspecified atom stereocenters. The van der Waals surface area contributed by atoms with Gasteiger partial charge in [-0.25, -0.2) is 4.98 Å². The predicted octanol–water partition coefficient (Wildman–Crippen LogP) is 3.65. The van der Waals surface area contributed by atoms with Gasteiger partial charge in [-0.3, -0.25) is 0 Å². The van der Waals surface area contributed by atoms with Crippen LogP contribution in [0.1, 0.15) is 11.3 Å². The first kappa shape index (κ1) is 14.2. The molecule has 0 atom stereocenters. The first-order valence-corrected chi connectivity index (χ1v) is 6.98. The van der Waals surface area contributed by atoms with Crippen LogP contribution in [0.5, 0.6) is 11.6 Å². The zero-order valence-electron chi connectivity index (χ0n) is 13.0. The molecule has 0 amide bonds. The van der Waals surface area contributed by atoms with Crippen molar-refractivity contribution in [2.45, 2.75) is 0 Å². The smallest absolute Gasteiger partial charge is 0.222 e. The number of hydrogen-bond donors (Lipinski definition) is 0. The Morgan fingerprint density at radius 3 is 2.45 bits per heavy atom. The summed E-state index contributed by atoms with van der Waals surface area (Å²) < 4.78 is 12.6. The fraction of sp³-hybridized carbons (Fsp3) is 0.167. The van der Waals surface area contributed by atoms with Gasteiger partial charge in [0.2, 0.25) is 5.88 Å². The minimum Gasteiger partial charge on any atom is -0.497 e. The second-order valence-corrected chi connectivity index (χ2v) is 5.05. The molecule has 2 heterocycles. The van der Waals surface area contributed by atoms with Crippen LogP contribution in [-0.2, 0) is 7.05 Å². The maximum atomic E-state index is 5.34. The van der Waals surface area contributed by atoms with Crippen LogP contribution >= 0.6 is 0 Å². The van der Waals surface area contributed by atoms with Crippen LogP contribution in [0.4, 0.5) is 0 Å². The van der Waals surface area contributed by atoms with Gasteiger partial charge in [-0.1, -0.05) is 18.7 Å². The molecular formula is C18H18N2O2. The molecule has 1 aromatic carbocycles. The molecule has 3 rings (SSSR count). The molecule has 0 radical (unpaired) electrons. The summed E-state index contributed by atoms with van der Waals surface area (Å²) in [6.07, 6.45) is 1.75. The predicted molar refractivity (Wildman–Crippen MR) is 88.4 cm³/mol. The van der Waals surface area contributed by atoms with E-state index >= 15 is 0 Å². The van der Waals surface area contributed by atoms with Crippen molar-refractivity contribution >= 4 is 16.5 Å². The second-order valence-electron chi connectivity index (χ2n) is 5.05. The normalized spacial score (nSPS) is 10.7. The molecule has 22 heavy (non-hydrogen) atoms. The minimum atomic E-state index is 0.627. The summed E-state index contributed by atoms with van der Waals surface area (Å²) >= 11 is 0. The van der Waals surface area contributed by atoms with Gasteiger partial charge in [0.25, 0.3) is 0 Å². The van der Waals surface area contributed by atoms with Gasteiger partial charge in [0.1, 0.15) is 5.75 Å². The summed E-state index contributed by atoms with van der Waals surface area (Å²) in [5, 5.41) is 0.983. The second kappa shape index (κ2) is 5.56. The zero-order chi connectivity index (χ0) is 15.7. The van der Waals surface area contributed by atoms with E-state index in [1.165, 1.54) is 0 Å². The number of pyridine rings is 1. The Labute approximate surface area is 129 Å². The van der Waals surface area contributed by atoms with Gasteiger partial charge in [-0.2, -0.15) is 0 Å². The van der Waals surface area contributed by atoms with E-state index in [4.69, 9.17) is 9.47 Å². The number of aromatic nitrogens is 2. The molecule has 112 valence electrons. The first-order valence-electron chi connectivity index (χ1n) is 6.98. The minimum absolute atomic E-state index is 0.627. The summed E-state index contributed by atoms with van der Waals surface area (Å²) in [5.41, 5.74) is 4.10. The van der Waals surface area contributed by atoms with Crippen molar-refractivity contribution in [1.29, 1.82) is 0 Å². The summed E-state index contributed by atoms with van der Waals surface area (Å²) in [5.74, 6) is 1.46. The average Bonchev–Trinajstić information content (AvgIpc) is 2.91. The molecular weight excluding hydrogens is 276 g/mol. The Bertz CT molecular complexity index is 832. The third kappa shape index (κ3) is 2.22. The van der Waals surface area contributed by atoms with E-state index in [-0.39, 0.29) is 0 Å². The van der Waals surface area contributed by atoms with E-state index in [1.54, 1.807) is 20.4 Å². The van der Waals surface area contributed by atoms with Crippen LogP contribution in [0.25, 0.3) is 16.5 Å². The van der Waals surface area contributed by atoms with Crippen molar-refractivity contribution in [3.05, 3.63) is 60.4 Å². The van der Waals surface area contributed by atoms with Gasteiger partial charge in [0.15, 0.2) is 0 Å². The molecule has 4 heteroatoms. The lowest BCUT2D eigenvalue weighted by Crippen LogP contribution is -1.96. The van der Waals surface area contributed by atoms with Crippen LogP contribution in [0, 0.1) is 0 Å². The molecule has 2 aromatic heterocycles. The SMILES string of the molecule is C=C(c1ccc(OC)cc1)c1cc2c(OC)nccc2n1C. The molecule has 0 saturated carbocycles. The molecule has 3 aromatic rings. The Hall–Kier alpha value is -2.75. The number of methoxy groups -OCH3 is 2. The van der Waals surface area contributed by atoms with Crippen LogP contribution in [0.15, 0.2) is 49.2 Å². The summed E-state index contributed by atoms with van der Waals surface area (Å²) in [6.45, 7) is 4.24. The highest BCUT2D eigenvalue weighted by Gasteiger charge is 2.13. The molecule has 0 spiro atoms. The fourth-order valence-electron chi connectivity index (χ4n) is 2.63. The molecule has 0 fully saturated rings.